The molecule has 1 heterocycles. The van der Waals surface area contributed by atoms with Crippen LogP contribution in [-0.4, -0.2) is 34.4 Å². The molecule has 1 N–H and O–H groups in total. The van der Waals surface area contributed by atoms with Gasteiger partial charge in [-0.2, -0.15) is 16.9 Å². The van der Waals surface area contributed by atoms with Crippen molar-refractivity contribution in [2.45, 2.75) is 32.7 Å². The first kappa shape index (κ1) is 14.9. The average molecular weight is 276 g/mol. The van der Waals surface area contributed by atoms with Crippen molar-refractivity contribution in [3.8, 4) is 0 Å². The van der Waals surface area contributed by atoms with Gasteiger partial charge in [-0.25, -0.2) is 0 Å². The SMILES string of the molecule is CCCNC(CSC)Cc1c(Cl)c(C)nn1C. The topological polar surface area (TPSA) is 29.9 Å². The number of hydrogen-bond acceptors (Lipinski definition) is 3. The standard InChI is InChI=1S/C12H22ClN3S/c1-5-6-14-10(8-17-4)7-11-12(13)9(2)15-16(11)3/h10,14H,5-8H2,1-4H3. The number of rotatable bonds is 7. The van der Waals surface area contributed by atoms with Crippen LogP contribution < -0.4 is 5.32 Å². The number of hydrogen-bond donors (Lipinski definition) is 1. The Labute approximate surface area is 113 Å². The number of halogens is 1. The minimum Gasteiger partial charge on any atom is -0.313 e. The summed E-state index contributed by atoms with van der Waals surface area (Å²) < 4.78 is 1.90. The van der Waals surface area contributed by atoms with E-state index in [1.165, 1.54) is 0 Å². The number of thioether (sulfide) groups is 1. The van der Waals surface area contributed by atoms with Crippen molar-refractivity contribution in [1.29, 1.82) is 0 Å². The Balaban J connectivity index is 2.70. The summed E-state index contributed by atoms with van der Waals surface area (Å²) in [4.78, 5) is 0. The van der Waals surface area contributed by atoms with Crippen molar-refractivity contribution < 1.29 is 0 Å². The fourth-order valence-electron chi connectivity index (χ4n) is 1.87. The van der Waals surface area contributed by atoms with Gasteiger partial charge < -0.3 is 5.32 Å². The molecule has 0 aliphatic rings. The van der Waals surface area contributed by atoms with Crippen molar-refractivity contribution in [2.24, 2.45) is 7.05 Å². The average Bonchev–Trinajstić information content (AvgIpc) is 2.53. The molecule has 1 atom stereocenters. The largest absolute Gasteiger partial charge is 0.313 e. The molecule has 0 saturated heterocycles. The number of aryl methyl sites for hydroxylation is 2. The zero-order valence-corrected chi connectivity index (χ0v) is 12.7. The van der Waals surface area contributed by atoms with Crippen molar-refractivity contribution in [1.82, 2.24) is 15.1 Å². The molecule has 3 nitrogen and oxygen atoms in total. The lowest BCUT2D eigenvalue weighted by atomic mass is 10.1. The van der Waals surface area contributed by atoms with E-state index in [4.69, 9.17) is 11.6 Å². The lowest BCUT2D eigenvalue weighted by Crippen LogP contribution is -2.34. The molecule has 98 valence electrons. The molecular formula is C12H22ClN3S. The summed E-state index contributed by atoms with van der Waals surface area (Å²) in [6.45, 7) is 5.19. The van der Waals surface area contributed by atoms with E-state index >= 15 is 0 Å². The van der Waals surface area contributed by atoms with Crippen LogP contribution in [0.25, 0.3) is 0 Å². The predicted molar refractivity (Wildman–Crippen MR) is 77.1 cm³/mol. The molecule has 0 amide bonds. The van der Waals surface area contributed by atoms with Crippen LogP contribution in [0.15, 0.2) is 0 Å². The van der Waals surface area contributed by atoms with Crippen LogP contribution in [0.1, 0.15) is 24.7 Å². The first-order valence-electron chi connectivity index (χ1n) is 6.00. The third kappa shape index (κ3) is 4.19. The van der Waals surface area contributed by atoms with Crippen LogP contribution in [0.4, 0.5) is 0 Å². The van der Waals surface area contributed by atoms with E-state index in [0.717, 1.165) is 41.5 Å². The Kier molecular flexibility index (Phi) is 6.38. The predicted octanol–water partition coefficient (Wildman–Crippen LogP) is 2.66. The van der Waals surface area contributed by atoms with E-state index in [1.54, 1.807) is 0 Å². The fraction of sp³-hybridized carbons (Fsp3) is 0.750. The molecule has 0 bridgehead atoms. The van der Waals surface area contributed by atoms with E-state index in [2.05, 4.69) is 23.6 Å². The maximum Gasteiger partial charge on any atom is 0.0847 e. The van der Waals surface area contributed by atoms with Gasteiger partial charge in [-0.3, -0.25) is 4.68 Å². The minimum absolute atomic E-state index is 0.470. The molecular weight excluding hydrogens is 254 g/mol. The number of nitrogens with zero attached hydrogens (tertiary/aromatic N) is 2. The number of aromatic nitrogens is 2. The van der Waals surface area contributed by atoms with Gasteiger partial charge in [0, 0.05) is 25.3 Å². The van der Waals surface area contributed by atoms with Crippen LogP contribution in [0.2, 0.25) is 5.02 Å². The van der Waals surface area contributed by atoms with Crippen LogP contribution >= 0.6 is 23.4 Å². The second-order valence-corrected chi connectivity index (χ2v) is 5.57. The summed E-state index contributed by atoms with van der Waals surface area (Å²) >= 11 is 8.14. The molecule has 1 aromatic rings. The highest BCUT2D eigenvalue weighted by Gasteiger charge is 2.16. The van der Waals surface area contributed by atoms with Gasteiger partial charge in [0.1, 0.15) is 0 Å². The third-order valence-corrected chi connectivity index (χ3v) is 3.98. The molecule has 17 heavy (non-hydrogen) atoms. The molecule has 1 rings (SSSR count). The molecule has 0 spiro atoms. The number of nitrogens with one attached hydrogen (secondary N) is 1. The molecule has 0 aliphatic heterocycles. The zero-order valence-electron chi connectivity index (χ0n) is 11.1. The maximum atomic E-state index is 6.27. The van der Waals surface area contributed by atoms with Gasteiger partial charge in [-0.15, -0.1) is 0 Å². The molecule has 0 saturated carbocycles. The highest BCUT2D eigenvalue weighted by Crippen LogP contribution is 2.21. The Morgan fingerprint density at radius 2 is 2.24 bits per heavy atom. The normalized spacial score (nSPS) is 13.0. The summed E-state index contributed by atoms with van der Waals surface area (Å²) in [6.07, 6.45) is 4.23. The van der Waals surface area contributed by atoms with Gasteiger partial charge in [0.25, 0.3) is 0 Å². The monoisotopic (exact) mass is 275 g/mol. The van der Waals surface area contributed by atoms with Crippen molar-refractivity contribution >= 4 is 23.4 Å². The van der Waals surface area contributed by atoms with Gasteiger partial charge in [-0.1, -0.05) is 18.5 Å². The summed E-state index contributed by atoms with van der Waals surface area (Å²) in [7, 11) is 1.96. The second kappa shape index (κ2) is 7.29. The van der Waals surface area contributed by atoms with E-state index in [0.29, 0.717) is 6.04 Å². The molecule has 1 unspecified atom stereocenters. The van der Waals surface area contributed by atoms with Crippen LogP contribution in [0, 0.1) is 6.92 Å². The van der Waals surface area contributed by atoms with Crippen LogP contribution in [0.3, 0.4) is 0 Å². The maximum absolute atomic E-state index is 6.27. The van der Waals surface area contributed by atoms with Gasteiger partial charge in [0.05, 0.1) is 16.4 Å². The molecule has 5 heteroatoms. The van der Waals surface area contributed by atoms with Gasteiger partial charge in [-0.05, 0) is 26.1 Å². The zero-order chi connectivity index (χ0) is 12.8. The third-order valence-electron chi connectivity index (χ3n) is 2.75. The van der Waals surface area contributed by atoms with Gasteiger partial charge >= 0.3 is 0 Å². The first-order valence-corrected chi connectivity index (χ1v) is 7.77. The lowest BCUT2D eigenvalue weighted by molar-refractivity contribution is 0.532. The lowest BCUT2D eigenvalue weighted by Gasteiger charge is -2.17. The second-order valence-electron chi connectivity index (χ2n) is 4.28. The summed E-state index contributed by atoms with van der Waals surface area (Å²) in [5.41, 5.74) is 2.05. The quantitative estimate of drug-likeness (QED) is 0.830. The van der Waals surface area contributed by atoms with Crippen molar-refractivity contribution in [3.63, 3.8) is 0 Å². The first-order chi connectivity index (χ1) is 8.10. The van der Waals surface area contributed by atoms with E-state index in [-0.39, 0.29) is 0 Å². The van der Waals surface area contributed by atoms with E-state index < -0.39 is 0 Å². The molecule has 0 aliphatic carbocycles. The molecule has 0 aromatic carbocycles. The smallest absolute Gasteiger partial charge is 0.0847 e. The summed E-state index contributed by atoms with van der Waals surface area (Å²) in [5.74, 6) is 1.10. The highest BCUT2D eigenvalue weighted by molar-refractivity contribution is 7.98. The Morgan fingerprint density at radius 3 is 2.71 bits per heavy atom. The minimum atomic E-state index is 0.470. The highest BCUT2D eigenvalue weighted by atomic mass is 35.5. The van der Waals surface area contributed by atoms with Gasteiger partial charge in [0.15, 0.2) is 0 Å². The summed E-state index contributed by atoms with van der Waals surface area (Å²) in [5, 5.41) is 8.73. The van der Waals surface area contributed by atoms with E-state index in [1.807, 2.05) is 30.4 Å². The van der Waals surface area contributed by atoms with Crippen LogP contribution in [-0.2, 0) is 13.5 Å². The van der Waals surface area contributed by atoms with Gasteiger partial charge in [0.2, 0.25) is 0 Å². The molecule has 1 aromatic heterocycles. The Hall–Kier alpha value is -0.190. The van der Waals surface area contributed by atoms with E-state index in [9.17, 15) is 0 Å². The van der Waals surface area contributed by atoms with Crippen molar-refractivity contribution in [3.05, 3.63) is 16.4 Å². The fourth-order valence-corrected chi connectivity index (χ4v) is 2.75. The molecule has 0 fully saturated rings. The van der Waals surface area contributed by atoms with Crippen LogP contribution in [0.5, 0.6) is 0 Å². The Morgan fingerprint density at radius 1 is 1.53 bits per heavy atom. The Bertz CT molecular complexity index is 352. The summed E-state index contributed by atoms with van der Waals surface area (Å²) in [6, 6.07) is 0.470. The molecule has 0 radical (unpaired) electrons. The van der Waals surface area contributed by atoms with Crippen molar-refractivity contribution in [2.75, 3.05) is 18.6 Å².